The minimum atomic E-state index is -0.344. The topological polar surface area (TPSA) is 38.0 Å². The molecule has 0 aromatic heterocycles. The van der Waals surface area contributed by atoms with E-state index in [1.54, 1.807) is 6.07 Å². The number of nitrogen functional groups attached to an aromatic ring is 1. The third-order valence-corrected chi connectivity index (χ3v) is 3.86. The number of hydrogen-bond acceptors (Lipinski definition) is 2. The van der Waals surface area contributed by atoms with Gasteiger partial charge in [-0.3, -0.25) is 0 Å². The first-order valence-electron chi connectivity index (χ1n) is 5.90. The molecule has 88 valence electrons. The second-order valence-corrected chi connectivity index (χ2v) is 4.87. The summed E-state index contributed by atoms with van der Waals surface area (Å²) in [6.45, 7) is 4.51. The van der Waals surface area contributed by atoms with Crippen LogP contribution >= 0.6 is 0 Å². The lowest BCUT2D eigenvalue weighted by molar-refractivity contribution is 0.435. The monoisotopic (exact) mass is 222 g/mol. The van der Waals surface area contributed by atoms with Gasteiger partial charge in [0.1, 0.15) is 5.82 Å². The first kappa shape index (κ1) is 11.2. The molecule has 16 heavy (non-hydrogen) atoms. The van der Waals surface area contributed by atoms with E-state index >= 15 is 0 Å². The molecule has 0 aliphatic heterocycles. The van der Waals surface area contributed by atoms with Gasteiger partial charge in [-0.05, 0) is 36.8 Å². The molecule has 0 saturated heterocycles. The number of hydrogen-bond donors (Lipinski definition) is 2. The molecule has 1 aliphatic rings. The highest BCUT2D eigenvalue weighted by atomic mass is 19.1. The van der Waals surface area contributed by atoms with Crippen LogP contribution in [0, 0.1) is 17.7 Å². The van der Waals surface area contributed by atoms with Crippen LogP contribution in [0.2, 0.25) is 0 Å². The zero-order valence-corrected chi connectivity index (χ0v) is 9.83. The number of benzene rings is 1. The molecular weight excluding hydrogens is 203 g/mol. The predicted octanol–water partition coefficient (Wildman–Crippen LogP) is 3.25. The summed E-state index contributed by atoms with van der Waals surface area (Å²) in [5.41, 5.74) is 6.66. The minimum absolute atomic E-state index is 0.231. The molecule has 0 heterocycles. The molecule has 1 saturated carbocycles. The van der Waals surface area contributed by atoms with E-state index in [1.807, 2.05) is 6.07 Å². The fourth-order valence-electron chi connectivity index (χ4n) is 2.43. The van der Waals surface area contributed by atoms with Gasteiger partial charge in [-0.1, -0.05) is 19.9 Å². The Kier molecular flexibility index (Phi) is 3.03. The highest BCUT2D eigenvalue weighted by Gasteiger charge is 2.29. The Morgan fingerprint density at radius 1 is 1.31 bits per heavy atom. The smallest absolute Gasteiger partial charge is 0.148 e. The quantitative estimate of drug-likeness (QED) is 0.754. The lowest BCUT2D eigenvalue weighted by Crippen LogP contribution is -2.24. The molecule has 3 heteroatoms. The van der Waals surface area contributed by atoms with Gasteiger partial charge in [-0.15, -0.1) is 0 Å². The Balaban J connectivity index is 2.12. The summed E-state index contributed by atoms with van der Waals surface area (Å²) in [5.74, 6) is 0.999. The molecular formula is C13H19FN2. The Hall–Kier alpha value is -1.25. The average Bonchev–Trinajstić information content (AvgIpc) is 2.57. The maximum absolute atomic E-state index is 13.3. The molecule has 2 nitrogen and oxygen atoms in total. The van der Waals surface area contributed by atoms with Gasteiger partial charge in [0.15, 0.2) is 0 Å². The van der Waals surface area contributed by atoms with E-state index in [9.17, 15) is 4.39 Å². The Labute approximate surface area is 96.0 Å². The summed E-state index contributed by atoms with van der Waals surface area (Å²) >= 11 is 0. The van der Waals surface area contributed by atoms with Gasteiger partial charge in [-0.25, -0.2) is 4.39 Å². The lowest BCUT2D eigenvalue weighted by Gasteiger charge is -2.21. The number of nitrogens with two attached hydrogens (primary N) is 1. The molecule has 0 bridgehead atoms. The van der Waals surface area contributed by atoms with Crippen molar-refractivity contribution in [1.29, 1.82) is 0 Å². The van der Waals surface area contributed by atoms with Gasteiger partial charge in [0.05, 0.1) is 11.4 Å². The van der Waals surface area contributed by atoms with Crippen LogP contribution in [-0.4, -0.2) is 6.04 Å². The van der Waals surface area contributed by atoms with Crippen molar-refractivity contribution in [2.24, 2.45) is 11.8 Å². The summed E-state index contributed by atoms with van der Waals surface area (Å²) in [4.78, 5) is 0. The van der Waals surface area contributed by atoms with Crippen molar-refractivity contribution in [2.75, 3.05) is 11.1 Å². The molecule has 3 unspecified atom stereocenters. The third kappa shape index (κ3) is 1.99. The maximum Gasteiger partial charge on any atom is 0.148 e. The minimum Gasteiger partial charge on any atom is -0.395 e. The fourth-order valence-corrected chi connectivity index (χ4v) is 2.43. The van der Waals surface area contributed by atoms with E-state index in [-0.39, 0.29) is 11.5 Å². The lowest BCUT2D eigenvalue weighted by atomic mass is 9.97. The molecule has 1 aliphatic carbocycles. The van der Waals surface area contributed by atoms with E-state index in [2.05, 4.69) is 19.2 Å². The molecule has 2 rings (SSSR count). The van der Waals surface area contributed by atoms with Crippen LogP contribution in [0.3, 0.4) is 0 Å². The van der Waals surface area contributed by atoms with E-state index in [4.69, 9.17) is 5.73 Å². The number of anilines is 2. The van der Waals surface area contributed by atoms with Crippen LogP contribution in [0.25, 0.3) is 0 Å². The summed E-state index contributed by atoms with van der Waals surface area (Å²) in [6, 6.07) is 5.34. The largest absolute Gasteiger partial charge is 0.395 e. The van der Waals surface area contributed by atoms with Crippen LogP contribution in [0.15, 0.2) is 18.2 Å². The predicted molar refractivity (Wildman–Crippen MR) is 65.8 cm³/mol. The van der Waals surface area contributed by atoms with Gasteiger partial charge in [-0.2, -0.15) is 0 Å². The number of para-hydroxylation sites is 1. The normalized spacial score (nSPS) is 29.3. The molecule has 0 radical (unpaired) electrons. The number of nitrogens with one attached hydrogen (secondary N) is 1. The molecule has 0 spiro atoms. The van der Waals surface area contributed by atoms with Crippen LogP contribution < -0.4 is 11.1 Å². The second kappa shape index (κ2) is 4.32. The first-order chi connectivity index (χ1) is 7.59. The molecule has 3 atom stereocenters. The van der Waals surface area contributed by atoms with Crippen molar-refractivity contribution in [1.82, 2.24) is 0 Å². The molecule has 3 N–H and O–H groups in total. The zero-order chi connectivity index (χ0) is 11.7. The third-order valence-electron chi connectivity index (χ3n) is 3.86. The molecule has 1 fully saturated rings. The second-order valence-electron chi connectivity index (χ2n) is 4.87. The Morgan fingerprint density at radius 2 is 2.06 bits per heavy atom. The van der Waals surface area contributed by atoms with Gasteiger partial charge in [0.2, 0.25) is 0 Å². The Bertz CT molecular complexity index is 378. The SMILES string of the molecule is CC1CCC(Nc2cccc(F)c2N)C1C. The van der Waals surface area contributed by atoms with Crippen molar-refractivity contribution in [3.8, 4) is 0 Å². The van der Waals surface area contributed by atoms with Crippen LogP contribution in [-0.2, 0) is 0 Å². The number of rotatable bonds is 2. The van der Waals surface area contributed by atoms with Crippen molar-refractivity contribution >= 4 is 11.4 Å². The van der Waals surface area contributed by atoms with E-state index < -0.39 is 0 Å². The Morgan fingerprint density at radius 3 is 2.69 bits per heavy atom. The summed E-state index contributed by atoms with van der Waals surface area (Å²) in [7, 11) is 0. The standard InChI is InChI=1S/C13H19FN2/c1-8-6-7-11(9(8)2)16-12-5-3-4-10(14)13(12)15/h3-5,8-9,11,16H,6-7,15H2,1-2H3. The van der Waals surface area contributed by atoms with Gasteiger partial charge in [0, 0.05) is 6.04 Å². The maximum atomic E-state index is 13.3. The highest BCUT2D eigenvalue weighted by Crippen LogP contribution is 2.34. The van der Waals surface area contributed by atoms with Gasteiger partial charge < -0.3 is 11.1 Å². The zero-order valence-electron chi connectivity index (χ0n) is 9.83. The van der Waals surface area contributed by atoms with Gasteiger partial charge >= 0.3 is 0 Å². The van der Waals surface area contributed by atoms with E-state index in [0.717, 1.165) is 18.0 Å². The van der Waals surface area contributed by atoms with Crippen molar-refractivity contribution in [3.63, 3.8) is 0 Å². The molecule has 0 amide bonds. The van der Waals surface area contributed by atoms with Gasteiger partial charge in [0.25, 0.3) is 0 Å². The van der Waals surface area contributed by atoms with Crippen LogP contribution in [0.5, 0.6) is 0 Å². The van der Waals surface area contributed by atoms with Crippen LogP contribution in [0.4, 0.5) is 15.8 Å². The molecule has 1 aromatic rings. The van der Waals surface area contributed by atoms with Crippen LogP contribution in [0.1, 0.15) is 26.7 Å². The molecule has 1 aromatic carbocycles. The van der Waals surface area contributed by atoms with E-state index in [1.165, 1.54) is 12.5 Å². The summed E-state index contributed by atoms with van der Waals surface area (Å²) in [5, 5.41) is 3.37. The van der Waals surface area contributed by atoms with Crippen molar-refractivity contribution in [2.45, 2.75) is 32.7 Å². The van der Waals surface area contributed by atoms with Crippen molar-refractivity contribution in [3.05, 3.63) is 24.0 Å². The summed E-state index contributed by atoms with van der Waals surface area (Å²) in [6.07, 6.45) is 2.37. The highest BCUT2D eigenvalue weighted by molar-refractivity contribution is 5.66. The summed E-state index contributed by atoms with van der Waals surface area (Å²) < 4.78 is 13.3. The first-order valence-corrected chi connectivity index (χ1v) is 5.90. The number of halogens is 1. The average molecular weight is 222 g/mol. The van der Waals surface area contributed by atoms with Crippen molar-refractivity contribution < 1.29 is 4.39 Å². The fraction of sp³-hybridized carbons (Fsp3) is 0.538. The van der Waals surface area contributed by atoms with E-state index in [0.29, 0.717) is 12.0 Å².